The highest BCUT2D eigenvalue weighted by Crippen LogP contribution is 2.23. The van der Waals surface area contributed by atoms with Gasteiger partial charge in [0, 0.05) is 39.1 Å². The minimum absolute atomic E-state index is 0.00760. The molecule has 2 saturated heterocycles. The molecular formula is C20H27N3O5. The number of carboxylic acid groups (broad SMARTS) is 1. The number of amides is 2. The van der Waals surface area contributed by atoms with Crippen molar-refractivity contribution in [2.45, 2.75) is 19.1 Å². The number of likely N-dealkylation sites (tertiary alicyclic amines) is 1. The Morgan fingerprint density at radius 2 is 2.00 bits per heavy atom. The van der Waals surface area contributed by atoms with E-state index in [9.17, 15) is 14.4 Å². The molecule has 0 saturated carbocycles. The van der Waals surface area contributed by atoms with Crippen LogP contribution >= 0.6 is 0 Å². The molecule has 0 radical (unpaired) electrons. The van der Waals surface area contributed by atoms with Gasteiger partial charge in [0.05, 0.1) is 25.2 Å². The summed E-state index contributed by atoms with van der Waals surface area (Å²) < 4.78 is 5.69. The largest absolute Gasteiger partial charge is 0.480 e. The summed E-state index contributed by atoms with van der Waals surface area (Å²) in [6.45, 7) is 2.68. The van der Waals surface area contributed by atoms with E-state index in [1.807, 2.05) is 30.3 Å². The highest BCUT2D eigenvalue weighted by molar-refractivity contribution is 5.89. The molecular weight excluding hydrogens is 362 g/mol. The second-order valence-electron chi connectivity index (χ2n) is 7.53. The van der Waals surface area contributed by atoms with E-state index in [0.717, 1.165) is 5.56 Å². The molecule has 8 heteroatoms. The third-order valence-electron chi connectivity index (χ3n) is 5.15. The Kier molecular flexibility index (Phi) is 6.64. The van der Waals surface area contributed by atoms with E-state index in [1.54, 1.807) is 21.7 Å². The van der Waals surface area contributed by atoms with E-state index in [-0.39, 0.29) is 36.8 Å². The van der Waals surface area contributed by atoms with Crippen LogP contribution in [0.25, 0.3) is 0 Å². The van der Waals surface area contributed by atoms with E-state index >= 15 is 0 Å². The number of carboxylic acids is 1. The van der Waals surface area contributed by atoms with Gasteiger partial charge in [0.2, 0.25) is 11.8 Å². The number of ether oxygens (including phenoxy) is 1. The van der Waals surface area contributed by atoms with Crippen molar-refractivity contribution in [3.63, 3.8) is 0 Å². The second-order valence-corrected chi connectivity index (χ2v) is 7.53. The molecule has 3 rings (SSSR count). The number of hydrogen-bond donors (Lipinski definition) is 1. The van der Waals surface area contributed by atoms with Crippen LogP contribution < -0.4 is 0 Å². The van der Waals surface area contributed by atoms with Gasteiger partial charge in [-0.3, -0.25) is 19.3 Å². The van der Waals surface area contributed by atoms with Crippen molar-refractivity contribution < 1.29 is 24.2 Å². The van der Waals surface area contributed by atoms with E-state index in [0.29, 0.717) is 39.3 Å². The first-order valence-corrected chi connectivity index (χ1v) is 9.55. The van der Waals surface area contributed by atoms with E-state index in [4.69, 9.17) is 9.84 Å². The average Bonchev–Trinajstić information content (AvgIpc) is 3.02. The minimum Gasteiger partial charge on any atom is -0.480 e. The Hall–Kier alpha value is -2.45. The van der Waals surface area contributed by atoms with Gasteiger partial charge in [-0.1, -0.05) is 30.3 Å². The lowest BCUT2D eigenvalue weighted by Crippen LogP contribution is -2.51. The molecule has 2 heterocycles. The maximum atomic E-state index is 12.9. The fourth-order valence-corrected chi connectivity index (χ4v) is 3.83. The van der Waals surface area contributed by atoms with Crippen molar-refractivity contribution in [1.29, 1.82) is 0 Å². The summed E-state index contributed by atoms with van der Waals surface area (Å²) in [5.74, 6) is -1.23. The standard InChI is InChI=1S/C20H27N3O5/c1-21(14-19(25)26)12-17-13-22(7-8-28-17)20(27)16-9-18(24)23(11-16)10-15-5-3-2-4-6-15/h2-6,16-17H,7-14H2,1H3,(H,25,26)/t16-,17-/m0/s1. The molecule has 0 aliphatic carbocycles. The Morgan fingerprint density at radius 1 is 1.25 bits per heavy atom. The number of carbonyl (C=O) groups excluding carboxylic acids is 2. The van der Waals surface area contributed by atoms with Gasteiger partial charge in [-0.25, -0.2) is 0 Å². The molecule has 8 nitrogen and oxygen atoms in total. The third kappa shape index (κ3) is 5.30. The smallest absolute Gasteiger partial charge is 0.317 e. The molecule has 2 atom stereocenters. The van der Waals surface area contributed by atoms with E-state index in [1.165, 1.54) is 0 Å². The molecule has 0 unspecified atom stereocenters. The summed E-state index contributed by atoms with van der Waals surface area (Å²) in [5, 5.41) is 8.87. The van der Waals surface area contributed by atoms with Gasteiger partial charge in [-0.05, 0) is 12.6 Å². The second kappa shape index (κ2) is 9.16. The van der Waals surface area contributed by atoms with Gasteiger partial charge >= 0.3 is 5.97 Å². The monoisotopic (exact) mass is 389 g/mol. The third-order valence-corrected chi connectivity index (χ3v) is 5.15. The Labute approximate surface area is 164 Å². The number of rotatable bonds is 7. The van der Waals surface area contributed by atoms with Gasteiger partial charge in [-0.2, -0.15) is 0 Å². The van der Waals surface area contributed by atoms with Crippen LogP contribution in [0, 0.1) is 5.92 Å². The first-order valence-electron chi connectivity index (χ1n) is 9.55. The molecule has 0 bridgehead atoms. The Balaban J connectivity index is 1.53. The normalized spacial score (nSPS) is 22.7. The number of carbonyl (C=O) groups is 3. The zero-order valence-corrected chi connectivity index (χ0v) is 16.1. The molecule has 2 amide bonds. The Morgan fingerprint density at radius 3 is 2.71 bits per heavy atom. The zero-order chi connectivity index (χ0) is 20.1. The van der Waals surface area contributed by atoms with E-state index < -0.39 is 5.97 Å². The van der Waals surface area contributed by atoms with Gasteiger partial charge in [0.15, 0.2) is 0 Å². The summed E-state index contributed by atoms with van der Waals surface area (Å²) in [6.07, 6.45) is 0.0201. The highest BCUT2D eigenvalue weighted by atomic mass is 16.5. The molecule has 1 aromatic rings. The van der Waals surface area contributed by atoms with Crippen LogP contribution in [0.15, 0.2) is 30.3 Å². The fourth-order valence-electron chi connectivity index (χ4n) is 3.83. The first-order chi connectivity index (χ1) is 13.4. The van der Waals surface area contributed by atoms with Crippen molar-refractivity contribution in [1.82, 2.24) is 14.7 Å². The molecule has 2 aliphatic heterocycles. The van der Waals surface area contributed by atoms with Crippen molar-refractivity contribution in [2.24, 2.45) is 5.92 Å². The lowest BCUT2D eigenvalue weighted by Gasteiger charge is -2.35. The topological polar surface area (TPSA) is 90.4 Å². The predicted molar refractivity (Wildman–Crippen MR) is 101 cm³/mol. The summed E-state index contributed by atoms with van der Waals surface area (Å²) >= 11 is 0. The van der Waals surface area contributed by atoms with Crippen LogP contribution in [0.5, 0.6) is 0 Å². The SMILES string of the molecule is CN(CC(=O)O)C[C@H]1CN(C(=O)[C@H]2CC(=O)N(Cc3ccccc3)C2)CCO1. The predicted octanol–water partition coefficient (Wildman–Crippen LogP) is 0.279. The van der Waals surface area contributed by atoms with Gasteiger partial charge < -0.3 is 19.6 Å². The molecule has 2 fully saturated rings. The van der Waals surface area contributed by atoms with Crippen LogP contribution in [0.4, 0.5) is 0 Å². The number of benzene rings is 1. The number of aliphatic carboxylic acids is 1. The minimum atomic E-state index is -0.894. The van der Waals surface area contributed by atoms with E-state index in [2.05, 4.69) is 0 Å². The zero-order valence-electron chi connectivity index (χ0n) is 16.1. The van der Waals surface area contributed by atoms with Crippen molar-refractivity contribution in [3.05, 3.63) is 35.9 Å². The molecule has 2 aliphatic rings. The lowest BCUT2D eigenvalue weighted by molar-refractivity contribution is -0.145. The fraction of sp³-hybridized carbons (Fsp3) is 0.550. The molecule has 152 valence electrons. The molecule has 1 aromatic carbocycles. The van der Waals surface area contributed by atoms with Crippen LogP contribution in [0.1, 0.15) is 12.0 Å². The Bertz CT molecular complexity index is 711. The molecule has 28 heavy (non-hydrogen) atoms. The lowest BCUT2D eigenvalue weighted by atomic mass is 10.1. The van der Waals surface area contributed by atoms with Gasteiger partial charge in [-0.15, -0.1) is 0 Å². The van der Waals surface area contributed by atoms with Crippen LogP contribution in [-0.4, -0.2) is 90.1 Å². The quantitative estimate of drug-likeness (QED) is 0.720. The summed E-state index contributed by atoms with van der Waals surface area (Å²) in [7, 11) is 1.72. The van der Waals surface area contributed by atoms with Crippen molar-refractivity contribution in [2.75, 3.05) is 46.4 Å². The van der Waals surface area contributed by atoms with Crippen LogP contribution in [0.2, 0.25) is 0 Å². The average molecular weight is 389 g/mol. The summed E-state index contributed by atoms with van der Waals surface area (Å²) in [4.78, 5) is 41.3. The summed E-state index contributed by atoms with van der Waals surface area (Å²) in [6, 6.07) is 9.76. The molecule has 1 N–H and O–H groups in total. The first kappa shape index (κ1) is 20.3. The maximum Gasteiger partial charge on any atom is 0.317 e. The number of hydrogen-bond acceptors (Lipinski definition) is 5. The molecule has 0 spiro atoms. The maximum absolute atomic E-state index is 12.9. The number of nitrogens with zero attached hydrogens (tertiary/aromatic N) is 3. The van der Waals surface area contributed by atoms with Gasteiger partial charge in [0.1, 0.15) is 0 Å². The van der Waals surface area contributed by atoms with Crippen LogP contribution in [-0.2, 0) is 25.7 Å². The van der Waals surface area contributed by atoms with Crippen molar-refractivity contribution in [3.8, 4) is 0 Å². The number of morpholine rings is 1. The summed E-state index contributed by atoms with van der Waals surface area (Å²) in [5.41, 5.74) is 1.05. The molecule has 0 aromatic heterocycles. The highest BCUT2D eigenvalue weighted by Gasteiger charge is 2.38. The van der Waals surface area contributed by atoms with Gasteiger partial charge in [0.25, 0.3) is 0 Å². The number of likely N-dealkylation sites (N-methyl/N-ethyl adjacent to an activating group) is 1. The van der Waals surface area contributed by atoms with Crippen LogP contribution in [0.3, 0.4) is 0 Å². The van der Waals surface area contributed by atoms with Crippen molar-refractivity contribution >= 4 is 17.8 Å².